The minimum absolute atomic E-state index is 0.0931. The van der Waals surface area contributed by atoms with Gasteiger partial charge in [0.1, 0.15) is 0 Å². The van der Waals surface area contributed by atoms with Gasteiger partial charge < -0.3 is 0 Å². The fourth-order valence-corrected chi connectivity index (χ4v) is 4.89. The van der Waals surface area contributed by atoms with Crippen LogP contribution in [0.2, 0.25) is 0 Å². The highest BCUT2D eigenvalue weighted by Crippen LogP contribution is 2.27. The minimum atomic E-state index is -4.40. The number of carbonyl (C=O) groups excluding carboxylic acids is 1. The lowest BCUT2D eigenvalue weighted by Gasteiger charge is -2.12. The summed E-state index contributed by atoms with van der Waals surface area (Å²) in [6.07, 6.45) is 0. The van der Waals surface area contributed by atoms with Crippen LogP contribution in [-0.2, 0) is 24.9 Å². The summed E-state index contributed by atoms with van der Waals surface area (Å²) in [6.45, 7) is 3.38. The molecule has 11 nitrogen and oxygen atoms in total. The molecule has 186 valence electrons. The van der Waals surface area contributed by atoms with Crippen molar-refractivity contribution in [2.75, 3.05) is 9.73 Å². The van der Waals surface area contributed by atoms with Gasteiger partial charge in [-0.1, -0.05) is 24.3 Å². The van der Waals surface area contributed by atoms with E-state index in [-0.39, 0.29) is 27.1 Å². The van der Waals surface area contributed by atoms with Crippen molar-refractivity contribution in [3.8, 4) is 0 Å². The van der Waals surface area contributed by atoms with Crippen molar-refractivity contribution in [1.29, 1.82) is 0 Å². The SMILES string of the molecule is CC1=NN(c2ccccc2)C(=O)C1N=Nc1cc(S(=O)(=O)Nc2ccc(S(=O)(=O)O)cc2)ccc1C. The molecule has 0 saturated heterocycles. The van der Waals surface area contributed by atoms with Gasteiger partial charge in [0, 0.05) is 5.69 Å². The Morgan fingerprint density at radius 3 is 2.19 bits per heavy atom. The van der Waals surface area contributed by atoms with Crippen molar-refractivity contribution < 1.29 is 26.2 Å². The van der Waals surface area contributed by atoms with Gasteiger partial charge in [0.25, 0.3) is 26.0 Å². The van der Waals surface area contributed by atoms with E-state index in [0.717, 1.165) is 12.1 Å². The number of carbonyl (C=O) groups is 1. The molecule has 3 aromatic carbocycles. The summed E-state index contributed by atoms with van der Waals surface area (Å²) >= 11 is 0. The zero-order valence-corrected chi connectivity index (χ0v) is 20.7. The maximum absolute atomic E-state index is 12.9. The second-order valence-electron chi connectivity index (χ2n) is 7.90. The molecule has 0 fully saturated rings. The van der Waals surface area contributed by atoms with E-state index in [4.69, 9.17) is 4.55 Å². The van der Waals surface area contributed by atoms with Crippen LogP contribution in [0.15, 0.2) is 97.9 Å². The summed E-state index contributed by atoms with van der Waals surface area (Å²) in [5, 5.41) is 13.8. The van der Waals surface area contributed by atoms with Crippen molar-refractivity contribution in [1.82, 2.24) is 0 Å². The predicted octanol–water partition coefficient (Wildman–Crippen LogP) is 3.92. The molecule has 1 aliphatic rings. The van der Waals surface area contributed by atoms with Crippen LogP contribution < -0.4 is 9.73 Å². The molecular weight excluding hydrogens is 506 g/mol. The number of rotatable bonds is 7. The van der Waals surface area contributed by atoms with Crippen LogP contribution >= 0.6 is 0 Å². The van der Waals surface area contributed by atoms with Crippen LogP contribution in [-0.4, -0.2) is 39.0 Å². The lowest BCUT2D eigenvalue weighted by Crippen LogP contribution is -2.29. The summed E-state index contributed by atoms with van der Waals surface area (Å²) in [5.74, 6) is -0.376. The zero-order chi connectivity index (χ0) is 26.1. The molecule has 4 rings (SSSR count). The standard InChI is InChI=1S/C23H21N5O6S2/c1-15-8-11-20(35(30,31)27-17-9-12-19(13-10-17)36(32,33)34)14-21(15)24-25-22-16(2)26-28(23(22)29)18-6-4-3-5-7-18/h3-14,22,27H,1-2H3,(H,32,33,34). The number of nitrogens with one attached hydrogen (secondary N) is 1. The molecule has 1 aliphatic heterocycles. The first-order valence-electron chi connectivity index (χ1n) is 10.5. The second-order valence-corrected chi connectivity index (χ2v) is 11.0. The van der Waals surface area contributed by atoms with E-state index < -0.39 is 26.2 Å². The molecule has 0 radical (unpaired) electrons. The Morgan fingerprint density at radius 2 is 1.56 bits per heavy atom. The van der Waals surface area contributed by atoms with Crippen LogP contribution in [0.25, 0.3) is 0 Å². The third-order valence-electron chi connectivity index (χ3n) is 5.27. The second kappa shape index (κ2) is 9.60. The maximum atomic E-state index is 12.9. The molecule has 2 N–H and O–H groups in total. The first-order valence-corrected chi connectivity index (χ1v) is 13.4. The number of nitrogens with zero attached hydrogens (tertiary/aromatic N) is 4. The van der Waals surface area contributed by atoms with Crippen molar-refractivity contribution in [3.05, 3.63) is 78.4 Å². The van der Waals surface area contributed by atoms with E-state index in [0.29, 0.717) is 17.0 Å². The van der Waals surface area contributed by atoms with Gasteiger partial charge in [0.2, 0.25) is 0 Å². The Morgan fingerprint density at radius 1 is 0.917 bits per heavy atom. The van der Waals surface area contributed by atoms with Gasteiger partial charge in [0.15, 0.2) is 6.04 Å². The van der Waals surface area contributed by atoms with Gasteiger partial charge in [-0.25, -0.2) is 8.42 Å². The molecule has 13 heteroatoms. The van der Waals surface area contributed by atoms with Gasteiger partial charge in [-0.3, -0.25) is 14.1 Å². The van der Waals surface area contributed by atoms with Crippen molar-refractivity contribution >= 4 is 48.8 Å². The highest BCUT2D eigenvalue weighted by molar-refractivity contribution is 7.92. The van der Waals surface area contributed by atoms with Gasteiger partial charge >= 0.3 is 0 Å². The van der Waals surface area contributed by atoms with Crippen molar-refractivity contribution in [2.24, 2.45) is 15.3 Å². The van der Waals surface area contributed by atoms with Crippen molar-refractivity contribution in [2.45, 2.75) is 29.7 Å². The first-order chi connectivity index (χ1) is 17.0. The normalized spacial score (nSPS) is 16.4. The Labute approximate surface area is 208 Å². The largest absolute Gasteiger partial charge is 0.294 e. The van der Waals surface area contributed by atoms with Crippen LogP contribution in [0.3, 0.4) is 0 Å². The summed E-state index contributed by atoms with van der Waals surface area (Å²) in [6, 6.07) is 16.8. The molecule has 0 aliphatic carbocycles. The number of sulfonamides is 1. The molecule has 1 atom stereocenters. The molecule has 1 heterocycles. The van der Waals surface area contributed by atoms with Crippen LogP contribution in [0, 0.1) is 6.92 Å². The molecule has 3 aromatic rings. The lowest BCUT2D eigenvalue weighted by molar-refractivity contribution is -0.117. The number of para-hydroxylation sites is 1. The van der Waals surface area contributed by atoms with E-state index in [9.17, 15) is 21.6 Å². The Kier molecular flexibility index (Phi) is 6.71. The van der Waals surface area contributed by atoms with E-state index >= 15 is 0 Å². The topological polar surface area (TPSA) is 158 Å². The van der Waals surface area contributed by atoms with E-state index in [1.807, 2.05) is 6.07 Å². The molecule has 0 aromatic heterocycles. The Balaban J connectivity index is 1.55. The Bertz CT molecular complexity index is 1590. The minimum Gasteiger partial charge on any atom is -0.282 e. The molecule has 0 bridgehead atoms. The summed E-state index contributed by atoms with van der Waals surface area (Å²) < 4.78 is 59.5. The number of hydrogen-bond acceptors (Lipinski definition) is 8. The lowest BCUT2D eigenvalue weighted by atomic mass is 10.2. The fraction of sp³-hybridized carbons (Fsp3) is 0.130. The molecule has 0 saturated carbocycles. The highest BCUT2D eigenvalue weighted by atomic mass is 32.2. The third-order valence-corrected chi connectivity index (χ3v) is 7.52. The summed E-state index contributed by atoms with van der Waals surface area (Å²) in [7, 11) is -8.47. The molecule has 1 unspecified atom stereocenters. The van der Waals surface area contributed by atoms with E-state index in [1.54, 1.807) is 44.2 Å². The molecule has 36 heavy (non-hydrogen) atoms. The van der Waals surface area contributed by atoms with Gasteiger partial charge in [-0.2, -0.15) is 28.8 Å². The maximum Gasteiger partial charge on any atom is 0.294 e. The zero-order valence-electron chi connectivity index (χ0n) is 19.1. The van der Waals surface area contributed by atoms with Gasteiger partial charge in [-0.05, 0) is 67.9 Å². The van der Waals surface area contributed by atoms with Crippen molar-refractivity contribution in [3.63, 3.8) is 0 Å². The van der Waals surface area contributed by atoms with Crippen LogP contribution in [0.4, 0.5) is 17.1 Å². The van der Waals surface area contributed by atoms with Gasteiger partial charge in [-0.15, -0.1) is 0 Å². The Hall–Kier alpha value is -3.94. The van der Waals surface area contributed by atoms with E-state index in [2.05, 4.69) is 20.1 Å². The third kappa shape index (κ3) is 5.32. The van der Waals surface area contributed by atoms with Crippen LogP contribution in [0.1, 0.15) is 12.5 Å². The monoisotopic (exact) mass is 527 g/mol. The number of amides is 1. The average Bonchev–Trinajstić information content (AvgIpc) is 3.11. The first kappa shape index (κ1) is 25.2. The fourth-order valence-electron chi connectivity index (χ4n) is 3.34. The summed E-state index contributed by atoms with van der Waals surface area (Å²) in [5.41, 5.74) is 2.02. The number of hydrogen-bond donors (Lipinski definition) is 2. The number of benzene rings is 3. The predicted molar refractivity (Wildman–Crippen MR) is 134 cm³/mol. The number of anilines is 2. The highest BCUT2D eigenvalue weighted by Gasteiger charge is 2.34. The smallest absolute Gasteiger partial charge is 0.282 e. The molecule has 0 spiro atoms. The van der Waals surface area contributed by atoms with E-state index in [1.165, 1.54) is 29.3 Å². The van der Waals surface area contributed by atoms with Gasteiger partial charge in [0.05, 0.1) is 26.9 Å². The van der Waals surface area contributed by atoms with Crippen LogP contribution in [0.5, 0.6) is 0 Å². The quantitative estimate of drug-likeness (QED) is 0.350. The average molecular weight is 528 g/mol. The molecule has 1 amide bonds. The molecular formula is C23H21N5O6S2. The summed E-state index contributed by atoms with van der Waals surface area (Å²) in [4.78, 5) is 12.4. The number of azo groups is 1. The number of aryl methyl sites for hydroxylation is 1. The number of hydrazone groups is 1.